The number of hydrogen-bond donors (Lipinski definition) is 1. The van der Waals surface area contributed by atoms with Crippen molar-refractivity contribution >= 4 is 29.3 Å². The molecule has 0 radical (unpaired) electrons. The molecule has 1 aromatic heterocycles. The molecular weight excluding hydrogens is 456 g/mol. The molecule has 2 amide bonds. The van der Waals surface area contributed by atoms with E-state index in [1.54, 1.807) is 45.5 Å². The number of thioether (sulfide) groups is 1. The zero-order valence-electron chi connectivity index (χ0n) is 19.2. The summed E-state index contributed by atoms with van der Waals surface area (Å²) in [5, 5.41) is 14.5. The fourth-order valence-corrected chi connectivity index (χ4v) is 4.62. The molecule has 1 fully saturated rings. The Hall–Kier alpha value is -3.60. The first-order valence-electron chi connectivity index (χ1n) is 10.8. The Balaban J connectivity index is 1.42. The summed E-state index contributed by atoms with van der Waals surface area (Å²) in [5.74, 6) is 1.39. The van der Waals surface area contributed by atoms with Crippen LogP contribution in [-0.4, -0.2) is 63.4 Å². The molecule has 1 aliphatic heterocycles. The molecule has 0 spiro atoms. The van der Waals surface area contributed by atoms with E-state index in [1.807, 2.05) is 23.1 Å². The number of carbonyl (C=O) groups is 2. The number of nitrogens with one attached hydrogen (secondary N) is 1. The van der Waals surface area contributed by atoms with Gasteiger partial charge in [-0.3, -0.25) is 9.59 Å². The van der Waals surface area contributed by atoms with Crippen molar-refractivity contribution in [3.63, 3.8) is 0 Å². The molecule has 1 atom stereocenters. The van der Waals surface area contributed by atoms with E-state index in [9.17, 15) is 9.59 Å². The van der Waals surface area contributed by atoms with Crippen LogP contribution in [0.15, 0.2) is 47.6 Å². The molecule has 34 heavy (non-hydrogen) atoms. The monoisotopic (exact) mass is 482 g/mol. The van der Waals surface area contributed by atoms with Crippen LogP contribution in [0.25, 0.3) is 0 Å². The lowest BCUT2D eigenvalue weighted by Crippen LogP contribution is -2.30. The zero-order valence-corrected chi connectivity index (χ0v) is 20.0. The van der Waals surface area contributed by atoms with Crippen LogP contribution in [-0.2, 0) is 11.8 Å². The number of rotatable bonds is 8. The number of ether oxygens (including phenoxy) is 2. The second-order valence-electron chi connectivity index (χ2n) is 7.76. The van der Waals surface area contributed by atoms with Crippen LogP contribution in [0.1, 0.15) is 34.8 Å². The third-order valence-electron chi connectivity index (χ3n) is 5.64. The third-order valence-corrected chi connectivity index (χ3v) is 6.65. The van der Waals surface area contributed by atoms with Gasteiger partial charge < -0.3 is 19.7 Å². The molecule has 0 bridgehead atoms. The average molecular weight is 483 g/mol. The van der Waals surface area contributed by atoms with Gasteiger partial charge in [0.1, 0.15) is 11.5 Å². The lowest BCUT2D eigenvalue weighted by molar-refractivity contribution is -0.113. The Labute approximate surface area is 201 Å². The second-order valence-corrected chi connectivity index (χ2v) is 8.71. The van der Waals surface area contributed by atoms with E-state index in [-0.39, 0.29) is 23.6 Å². The van der Waals surface area contributed by atoms with Crippen molar-refractivity contribution in [1.82, 2.24) is 25.1 Å². The minimum Gasteiger partial charge on any atom is -0.497 e. The molecule has 1 aliphatic rings. The smallest absolute Gasteiger partial charge is 0.254 e. The Kier molecular flexibility index (Phi) is 7.31. The molecule has 10 nitrogen and oxygen atoms in total. The summed E-state index contributed by atoms with van der Waals surface area (Å²) in [7, 11) is 4.96. The Morgan fingerprint density at radius 1 is 1.15 bits per heavy atom. The number of aryl methyl sites for hydroxylation is 1. The summed E-state index contributed by atoms with van der Waals surface area (Å²) in [4.78, 5) is 27.4. The zero-order chi connectivity index (χ0) is 24.1. The molecule has 2 heterocycles. The van der Waals surface area contributed by atoms with Gasteiger partial charge in [0.15, 0.2) is 0 Å². The van der Waals surface area contributed by atoms with Crippen molar-refractivity contribution in [3.05, 3.63) is 53.6 Å². The molecule has 1 N–H and O–H groups in total. The summed E-state index contributed by atoms with van der Waals surface area (Å²) in [6, 6.07) is 12.5. The highest BCUT2D eigenvalue weighted by Gasteiger charge is 2.32. The summed E-state index contributed by atoms with van der Waals surface area (Å²) in [5.41, 5.74) is 2.11. The predicted octanol–water partition coefficient (Wildman–Crippen LogP) is 2.94. The molecule has 0 unspecified atom stereocenters. The first-order chi connectivity index (χ1) is 16.5. The van der Waals surface area contributed by atoms with Crippen LogP contribution in [0.3, 0.4) is 0 Å². The van der Waals surface area contributed by atoms with E-state index in [0.717, 1.165) is 29.9 Å². The summed E-state index contributed by atoms with van der Waals surface area (Å²) in [6.07, 6.45) is 1.76. The first-order valence-corrected chi connectivity index (χ1v) is 11.8. The standard InChI is InChI=1S/C23H26N6O4S/c1-28-23(25-26-27-28)34-14-21(30)24-16-8-6-15(7-9-16)22(31)29-12-4-5-19(29)18-13-17(32-2)10-11-20(18)33-3/h6-11,13,19H,4-5,12,14H2,1-3H3,(H,24,30)/t19-/m1/s1. The Bertz CT molecular complexity index is 1170. The molecule has 11 heteroatoms. The van der Waals surface area contributed by atoms with Crippen molar-refractivity contribution in [2.45, 2.75) is 24.0 Å². The molecule has 178 valence electrons. The van der Waals surface area contributed by atoms with E-state index in [4.69, 9.17) is 9.47 Å². The molecule has 4 rings (SSSR count). The Morgan fingerprint density at radius 3 is 2.62 bits per heavy atom. The number of hydrogen-bond acceptors (Lipinski definition) is 8. The van der Waals surface area contributed by atoms with E-state index in [0.29, 0.717) is 23.0 Å². The molecule has 2 aromatic carbocycles. The lowest BCUT2D eigenvalue weighted by Gasteiger charge is -2.27. The molecule has 0 saturated carbocycles. The second kappa shape index (κ2) is 10.6. The van der Waals surface area contributed by atoms with E-state index >= 15 is 0 Å². The van der Waals surface area contributed by atoms with Gasteiger partial charge in [-0.15, -0.1) is 5.10 Å². The summed E-state index contributed by atoms with van der Waals surface area (Å²) >= 11 is 1.24. The van der Waals surface area contributed by atoms with Crippen LogP contribution >= 0.6 is 11.8 Å². The van der Waals surface area contributed by atoms with Crippen molar-refractivity contribution in [1.29, 1.82) is 0 Å². The minimum absolute atomic E-state index is 0.0596. The van der Waals surface area contributed by atoms with E-state index in [1.165, 1.54) is 16.4 Å². The number of likely N-dealkylation sites (tertiary alicyclic amines) is 1. The van der Waals surface area contributed by atoms with Crippen LogP contribution in [0.2, 0.25) is 0 Å². The lowest BCUT2D eigenvalue weighted by atomic mass is 10.0. The van der Waals surface area contributed by atoms with Gasteiger partial charge in [0.2, 0.25) is 11.1 Å². The highest BCUT2D eigenvalue weighted by Crippen LogP contribution is 2.39. The SMILES string of the molecule is COc1ccc(OC)c([C@H]2CCCN2C(=O)c2ccc(NC(=O)CSc3nnnn3C)cc2)c1. The van der Waals surface area contributed by atoms with E-state index < -0.39 is 0 Å². The van der Waals surface area contributed by atoms with Gasteiger partial charge in [0, 0.05) is 30.4 Å². The topological polar surface area (TPSA) is 111 Å². The largest absolute Gasteiger partial charge is 0.497 e. The number of aromatic nitrogens is 4. The molecular formula is C23H26N6O4S. The van der Waals surface area contributed by atoms with Crippen molar-refractivity contribution in [3.8, 4) is 11.5 Å². The maximum absolute atomic E-state index is 13.3. The summed E-state index contributed by atoms with van der Waals surface area (Å²) in [6.45, 7) is 0.663. The van der Waals surface area contributed by atoms with Crippen LogP contribution in [0.4, 0.5) is 5.69 Å². The van der Waals surface area contributed by atoms with Crippen LogP contribution in [0, 0.1) is 0 Å². The number of tetrazole rings is 1. The highest BCUT2D eigenvalue weighted by molar-refractivity contribution is 7.99. The maximum atomic E-state index is 13.3. The minimum atomic E-state index is -0.184. The average Bonchev–Trinajstić information content (AvgIpc) is 3.51. The first kappa shape index (κ1) is 23.6. The van der Waals surface area contributed by atoms with Gasteiger partial charge in [-0.25, -0.2) is 4.68 Å². The van der Waals surface area contributed by atoms with Crippen molar-refractivity contribution in [2.75, 3.05) is 31.8 Å². The molecule has 3 aromatic rings. The van der Waals surface area contributed by atoms with E-state index in [2.05, 4.69) is 20.8 Å². The number of amides is 2. The van der Waals surface area contributed by atoms with Gasteiger partial charge in [0.05, 0.1) is 26.0 Å². The van der Waals surface area contributed by atoms with Crippen LogP contribution < -0.4 is 14.8 Å². The highest BCUT2D eigenvalue weighted by atomic mass is 32.2. The van der Waals surface area contributed by atoms with Gasteiger partial charge in [-0.1, -0.05) is 11.8 Å². The number of anilines is 1. The van der Waals surface area contributed by atoms with Gasteiger partial charge in [0.25, 0.3) is 5.91 Å². The van der Waals surface area contributed by atoms with Gasteiger partial charge in [-0.2, -0.15) is 0 Å². The van der Waals surface area contributed by atoms with Crippen LogP contribution in [0.5, 0.6) is 11.5 Å². The molecule has 1 saturated heterocycles. The fourth-order valence-electron chi connectivity index (χ4n) is 3.97. The van der Waals surface area contributed by atoms with Crippen molar-refractivity contribution < 1.29 is 19.1 Å². The summed E-state index contributed by atoms with van der Waals surface area (Å²) < 4.78 is 12.4. The number of methoxy groups -OCH3 is 2. The third kappa shape index (κ3) is 5.14. The number of carbonyl (C=O) groups excluding carboxylic acids is 2. The predicted molar refractivity (Wildman–Crippen MR) is 127 cm³/mol. The molecule has 0 aliphatic carbocycles. The maximum Gasteiger partial charge on any atom is 0.254 e. The quantitative estimate of drug-likeness (QED) is 0.488. The fraction of sp³-hybridized carbons (Fsp3) is 0.348. The van der Waals surface area contributed by atoms with Gasteiger partial charge in [-0.05, 0) is 65.7 Å². The van der Waals surface area contributed by atoms with Gasteiger partial charge >= 0.3 is 0 Å². The van der Waals surface area contributed by atoms with Crippen molar-refractivity contribution in [2.24, 2.45) is 7.05 Å². The number of benzene rings is 2. The normalized spacial score (nSPS) is 15.3. The Morgan fingerprint density at radius 2 is 1.94 bits per heavy atom. The number of nitrogens with zero attached hydrogens (tertiary/aromatic N) is 5.